The molecule has 9 heteroatoms. The van der Waals surface area contributed by atoms with Gasteiger partial charge in [0.25, 0.3) is 0 Å². The highest BCUT2D eigenvalue weighted by molar-refractivity contribution is 7.90. The largest absolute Gasteiger partial charge is 0.412 e. The van der Waals surface area contributed by atoms with Crippen LogP contribution in [0.15, 0.2) is 12.1 Å². The zero-order valence-electron chi connectivity index (χ0n) is 17.3. The molecule has 154 valence electrons. The van der Waals surface area contributed by atoms with Crippen LogP contribution in [-0.4, -0.2) is 46.3 Å². The number of hydrogen-bond donors (Lipinski definition) is 0. The van der Waals surface area contributed by atoms with Crippen molar-refractivity contribution in [2.45, 2.75) is 64.4 Å². The lowest BCUT2D eigenvalue weighted by Crippen LogP contribution is -2.47. The summed E-state index contributed by atoms with van der Waals surface area (Å²) in [5.74, 6) is 0. The maximum absolute atomic E-state index is 13.2. The van der Waals surface area contributed by atoms with Crippen LogP contribution in [0.1, 0.15) is 38.3 Å². The monoisotopic (exact) mass is 441 g/mol. The van der Waals surface area contributed by atoms with Crippen molar-refractivity contribution in [2.24, 2.45) is 0 Å². The molecule has 2 aliphatic heterocycles. The Morgan fingerprint density at radius 3 is 2.54 bits per heavy atom. The summed E-state index contributed by atoms with van der Waals surface area (Å²) in [4.78, 5) is 0. The van der Waals surface area contributed by atoms with Crippen molar-refractivity contribution < 1.29 is 12.8 Å². The highest BCUT2D eigenvalue weighted by atomic mass is 35.5. The van der Waals surface area contributed by atoms with Crippen LogP contribution >= 0.6 is 11.6 Å². The standard InChI is InChI=1S/C19H28ClN3O3SSi/c1-13-15(8-7-14(11-21)18(13)20)23-12-16-17(9-10-22(16)27(23,24)25)26-28(5,6)19(2,3)4/h7-8,16-17H,9-10,12H2,1-6H3/t16-,17+/m1/s1. The van der Waals surface area contributed by atoms with Crippen molar-refractivity contribution in [3.8, 4) is 6.07 Å². The van der Waals surface area contributed by atoms with E-state index in [1.54, 1.807) is 23.4 Å². The first kappa shape index (κ1) is 21.6. The average molecular weight is 442 g/mol. The molecule has 3 rings (SSSR count). The normalized spacial score (nSPS) is 25.0. The molecule has 0 amide bonds. The molecule has 1 aromatic rings. The Hall–Kier alpha value is -1.11. The van der Waals surface area contributed by atoms with E-state index in [-0.39, 0.29) is 17.2 Å². The molecule has 2 fully saturated rings. The minimum atomic E-state index is -3.64. The lowest BCUT2D eigenvalue weighted by atomic mass is 10.1. The number of hydrogen-bond acceptors (Lipinski definition) is 4. The SMILES string of the molecule is Cc1c(N2C[C@@H]3[C@@H](O[Si](C)(C)C(C)(C)C)CCN3S2(=O)=O)ccc(C#N)c1Cl. The summed E-state index contributed by atoms with van der Waals surface area (Å²) in [6.07, 6.45) is 0.618. The Bertz CT molecular complexity index is 937. The zero-order chi connectivity index (χ0) is 21.1. The van der Waals surface area contributed by atoms with Gasteiger partial charge in [-0.05, 0) is 49.2 Å². The summed E-state index contributed by atoms with van der Waals surface area (Å²) in [5.41, 5.74) is 1.48. The number of rotatable bonds is 3. The first-order chi connectivity index (χ1) is 12.8. The van der Waals surface area contributed by atoms with Crippen LogP contribution in [0, 0.1) is 18.3 Å². The lowest BCUT2D eigenvalue weighted by Gasteiger charge is -2.39. The summed E-state index contributed by atoms with van der Waals surface area (Å²) in [5, 5.41) is 9.52. The van der Waals surface area contributed by atoms with Gasteiger partial charge in [-0.25, -0.2) is 0 Å². The molecule has 0 radical (unpaired) electrons. The molecule has 0 aliphatic carbocycles. The lowest BCUT2D eigenvalue weighted by molar-refractivity contribution is 0.158. The van der Waals surface area contributed by atoms with E-state index in [0.29, 0.717) is 34.9 Å². The van der Waals surface area contributed by atoms with Gasteiger partial charge in [-0.15, -0.1) is 0 Å². The second-order valence-corrected chi connectivity index (χ2v) is 16.0. The zero-order valence-corrected chi connectivity index (χ0v) is 19.9. The third kappa shape index (κ3) is 3.37. The summed E-state index contributed by atoms with van der Waals surface area (Å²) < 4.78 is 36.0. The summed E-state index contributed by atoms with van der Waals surface area (Å²) in [7, 11) is -5.65. The molecular weight excluding hydrogens is 414 g/mol. The van der Waals surface area contributed by atoms with Gasteiger partial charge in [-0.3, -0.25) is 4.31 Å². The number of fused-ring (bicyclic) bond motifs is 1. The predicted octanol–water partition coefficient (Wildman–Crippen LogP) is 4.05. The first-order valence-corrected chi connectivity index (χ1v) is 14.2. The molecule has 2 aliphatic rings. The Morgan fingerprint density at radius 2 is 1.96 bits per heavy atom. The van der Waals surface area contributed by atoms with E-state index in [2.05, 4.69) is 33.9 Å². The number of halogens is 1. The third-order valence-corrected chi connectivity index (χ3v) is 13.3. The van der Waals surface area contributed by atoms with Crippen LogP contribution in [0.25, 0.3) is 0 Å². The van der Waals surface area contributed by atoms with Crippen molar-refractivity contribution >= 4 is 35.8 Å². The molecule has 0 bridgehead atoms. The van der Waals surface area contributed by atoms with Crippen LogP contribution in [0.4, 0.5) is 5.69 Å². The van der Waals surface area contributed by atoms with Crippen LogP contribution in [0.3, 0.4) is 0 Å². The van der Waals surface area contributed by atoms with E-state index >= 15 is 0 Å². The fourth-order valence-electron chi connectivity index (χ4n) is 3.63. The summed E-state index contributed by atoms with van der Waals surface area (Å²) >= 11 is 6.28. The predicted molar refractivity (Wildman–Crippen MR) is 114 cm³/mol. The fourth-order valence-corrected chi connectivity index (χ4v) is 7.14. The first-order valence-electron chi connectivity index (χ1n) is 9.48. The summed E-state index contributed by atoms with van der Waals surface area (Å²) in [6.45, 7) is 13.5. The van der Waals surface area contributed by atoms with Gasteiger partial charge >= 0.3 is 10.2 Å². The second kappa shape index (κ2) is 6.99. The van der Waals surface area contributed by atoms with E-state index in [1.165, 1.54) is 4.31 Å². The van der Waals surface area contributed by atoms with Crippen LogP contribution in [-0.2, 0) is 14.6 Å². The molecule has 0 saturated carbocycles. The molecule has 6 nitrogen and oxygen atoms in total. The smallest absolute Gasteiger partial charge is 0.304 e. The van der Waals surface area contributed by atoms with Crippen molar-refractivity contribution in [1.82, 2.24) is 4.31 Å². The molecule has 0 unspecified atom stereocenters. The fraction of sp³-hybridized carbons (Fsp3) is 0.632. The highest BCUT2D eigenvalue weighted by Gasteiger charge is 2.53. The Kier molecular flexibility index (Phi) is 5.39. The van der Waals surface area contributed by atoms with Crippen LogP contribution in [0.2, 0.25) is 23.2 Å². The van der Waals surface area contributed by atoms with Crippen molar-refractivity contribution in [3.05, 3.63) is 28.3 Å². The van der Waals surface area contributed by atoms with Crippen molar-refractivity contribution in [3.63, 3.8) is 0 Å². The molecule has 28 heavy (non-hydrogen) atoms. The summed E-state index contributed by atoms with van der Waals surface area (Å²) in [6, 6.07) is 5.08. The maximum Gasteiger partial charge on any atom is 0.304 e. The quantitative estimate of drug-likeness (QED) is 0.663. The van der Waals surface area contributed by atoms with E-state index in [0.717, 1.165) is 6.42 Å². The molecular formula is C19H28ClN3O3SSi. The molecule has 2 saturated heterocycles. The molecule has 2 atom stereocenters. The van der Waals surface area contributed by atoms with E-state index in [1.807, 2.05) is 6.07 Å². The van der Waals surface area contributed by atoms with Gasteiger partial charge in [0.2, 0.25) is 0 Å². The van der Waals surface area contributed by atoms with Crippen LogP contribution in [0.5, 0.6) is 0 Å². The van der Waals surface area contributed by atoms with E-state index in [9.17, 15) is 8.42 Å². The Morgan fingerprint density at radius 1 is 1.32 bits per heavy atom. The van der Waals surface area contributed by atoms with Gasteiger partial charge in [0, 0.05) is 6.54 Å². The van der Waals surface area contributed by atoms with Gasteiger partial charge in [-0.1, -0.05) is 32.4 Å². The minimum absolute atomic E-state index is 0.0643. The van der Waals surface area contributed by atoms with Gasteiger partial charge in [0.1, 0.15) is 6.07 Å². The maximum atomic E-state index is 13.2. The number of benzene rings is 1. The third-order valence-electron chi connectivity index (χ3n) is 6.36. The van der Waals surface area contributed by atoms with E-state index in [4.69, 9.17) is 21.3 Å². The molecule has 2 heterocycles. The number of nitrogens with zero attached hydrogens (tertiary/aromatic N) is 3. The van der Waals surface area contributed by atoms with E-state index < -0.39 is 18.5 Å². The van der Waals surface area contributed by atoms with Gasteiger partial charge in [-0.2, -0.15) is 18.0 Å². The molecule has 0 N–H and O–H groups in total. The molecule has 1 aromatic carbocycles. The van der Waals surface area contributed by atoms with Gasteiger partial charge < -0.3 is 4.43 Å². The average Bonchev–Trinajstić information content (AvgIpc) is 3.08. The van der Waals surface area contributed by atoms with Gasteiger partial charge in [0.05, 0.1) is 35.0 Å². The van der Waals surface area contributed by atoms with Gasteiger partial charge in [0.15, 0.2) is 8.32 Å². The highest BCUT2D eigenvalue weighted by Crippen LogP contribution is 2.43. The number of nitriles is 1. The number of anilines is 1. The Balaban J connectivity index is 1.92. The molecule has 0 spiro atoms. The minimum Gasteiger partial charge on any atom is -0.412 e. The van der Waals surface area contributed by atoms with Crippen LogP contribution < -0.4 is 4.31 Å². The van der Waals surface area contributed by atoms with Crippen molar-refractivity contribution in [2.75, 3.05) is 17.4 Å². The van der Waals surface area contributed by atoms with Crippen molar-refractivity contribution in [1.29, 1.82) is 5.26 Å². The topological polar surface area (TPSA) is 73.6 Å². The molecule has 0 aromatic heterocycles. The second-order valence-electron chi connectivity index (χ2n) is 9.11. The Labute approximate surface area is 174 Å².